The maximum atomic E-state index is 9.56. The average Bonchev–Trinajstić information content (AvgIpc) is 2.98. The molecule has 2 aromatic rings. The van der Waals surface area contributed by atoms with Gasteiger partial charge in [0.25, 0.3) is 0 Å². The molecule has 1 aromatic carbocycles. The Hall–Kier alpha value is -1.76. The number of aliphatic hydroxyl groups is 1. The zero-order valence-electron chi connectivity index (χ0n) is 14.4. The Balaban J connectivity index is 1.52. The highest BCUT2D eigenvalue weighted by atomic mass is 16.4. The lowest BCUT2D eigenvalue weighted by atomic mass is 10.1. The van der Waals surface area contributed by atoms with Crippen molar-refractivity contribution in [3.8, 4) is 0 Å². The first-order valence-corrected chi connectivity index (χ1v) is 8.60. The van der Waals surface area contributed by atoms with Gasteiger partial charge in [-0.15, -0.1) is 10.2 Å². The van der Waals surface area contributed by atoms with Crippen molar-refractivity contribution in [3.63, 3.8) is 0 Å². The number of rotatable bonds is 6. The number of hydrogen-bond donors (Lipinski definition) is 1. The Bertz CT molecular complexity index is 629. The summed E-state index contributed by atoms with van der Waals surface area (Å²) < 4.78 is 5.80. The molecule has 0 unspecified atom stereocenters. The number of nitrogens with zero attached hydrogens (tertiary/aromatic N) is 4. The lowest BCUT2D eigenvalue weighted by Crippen LogP contribution is -2.53. The van der Waals surface area contributed by atoms with E-state index >= 15 is 0 Å². The van der Waals surface area contributed by atoms with E-state index in [1.54, 1.807) is 0 Å². The molecule has 6 heteroatoms. The van der Waals surface area contributed by atoms with Gasteiger partial charge < -0.3 is 9.52 Å². The molecule has 1 fully saturated rings. The van der Waals surface area contributed by atoms with Crippen LogP contribution in [0.4, 0.5) is 0 Å². The molecular weight excluding hydrogens is 304 g/mol. The smallest absolute Gasteiger partial charge is 0.230 e. The minimum Gasteiger partial charge on any atom is -0.424 e. The summed E-state index contributed by atoms with van der Waals surface area (Å²) >= 11 is 0. The van der Waals surface area contributed by atoms with Gasteiger partial charge >= 0.3 is 0 Å². The van der Waals surface area contributed by atoms with Crippen LogP contribution in [0.25, 0.3) is 0 Å². The normalized spacial score (nSPS) is 21.0. The maximum absolute atomic E-state index is 9.56. The molecule has 1 aliphatic heterocycles. The second kappa shape index (κ2) is 7.88. The topological polar surface area (TPSA) is 65.6 Å². The summed E-state index contributed by atoms with van der Waals surface area (Å²) in [6, 6.07) is 10.6. The van der Waals surface area contributed by atoms with Crippen molar-refractivity contribution in [1.29, 1.82) is 0 Å². The number of aliphatic hydroxyl groups excluding tert-OH is 1. The predicted octanol–water partition coefficient (Wildman–Crippen LogP) is 1.55. The molecule has 0 spiro atoms. The molecular formula is C18H26N4O2. The lowest BCUT2D eigenvalue weighted by molar-refractivity contribution is 0.0391. The van der Waals surface area contributed by atoms with Crippen LogP contribution < -0.4 is 0 Å². The number of hydrogen-bond acceptors (Lipinski definition) is 6. The highest BCUT2D eigenvalue weighted by molar-refractivity contribution is 5.17. The van der Waals surface area contributed by atoms with Crippen molar-refractivity contribution in [1.82, 2.24) is 20.0 Å². The Morgan fingerprint density at radius 1 is 1.21 bits per heavy atom. The average molecular weight is 330 g/mol. The van der Waals surface area contributed by atoms with E-state index in [0.717, 1.165) is 26.2 Å². The van der Waals surface area contributed by atoms with Gasteiger partial charge in [-0.1, -0.05) is 30.3 Å². The van der Waals surface area contributed by atoms with E-state index in [4.69, 9.17) is 4.42 Å². The molecule has 0 saturated carbocycles. The van der Waals surface area contributed by atoms with Gasteiger partial charge in [0.2, 0.25) is 11.8 Å². The minimum absolute atomic E-state index is 0.282. The maximum Gasteiger partial charge on any atom is 0.230 e. The van der Waals surface area contributed by atoms with Crippen LogP contribution in [0.3, 0.4) is 0 Å². The van der Waals surface area contributed by atoms with Gasteiger partial charge in [0.15, 0.2) is 0 Å². The third-order valence-electron chi connectivity index (χ3n) is 4.41. The summed E-state index contributed by atoms with van der Waals surface area (Å²) in [6.45, 7) is 8.31. The fraction of sp³-hybridized carbons (Fsp3) is 0.556. The molecule has 1 saturated heterocycles. The molecule has 1 aromatic heterocycles. The summed E-state index contributed by atoms with van der Waals surface area (Å²) in [5, 5.41) is 17.9. The van der Waals surface area contributed by atoms with Crippen LogP contribution in [0.2, 0.25) is 0 Å². The summed E-state index contributed by atoms with van der Waals surface area (Å²) in [6.07, 6.45) is 0.391. The number of benzene rings is 1. The number of β-amino-alcohol motifs (C(OH)–C–C–N with tert-alkyl or cyclic N) is 1. The zero-order chi connectivity index (χ0) is 16.9. The van der Waals surface area contributed by atoms with Crippen LogP contribution in [-0.4, -0.2) is 63.4 Å². The molecule has 130 valence electrons. The van der Waals surface area contributed by atoms with Crippen molar-refractivity contribution >= 4 is 0 Å². The van der Waals surface area contributed by atoms with Gasteiger partial charge in [-0.2, -0.15) is 0 Å². The molecule has 3 rings (SSSR count). The van der Waals surface area contributed by atoms with E-state index in [0.29, 0.717) is 30.8 Å². The fourth-order valence-corrected chi connectivity index (χ4v) is 3.21. The second-order valence-electron chi connectivity index (χ2n) is 6.68. The Kier molecular flexibility index (Phi) is 5.60. The van der Waals surface area contributed by atoms with Crippen molar-refractivity contribution in [3.05, 3.63) is 47.7 Å². The molecule has 24 heavy (non-hydrogen) atoms. The monoisotopic (exact) mass is 330 g/mol. The van der Waals surface area contributed by atoms with Crippen LogP contribution >= 0.6 is 0 Å². The van der Waals surface area contributed by atoms with Crippen molar-refractivity contribution in [2.75, 3.05) is 26.2 Å². The van der Waals surface area contributed by atoms with E-state index in [1.165, 1.54) is 5.56 Å². The predicted molar refractivity (Wildman–Crippen MR) is 91.5 cm³/mol. The van der Waals surface area contributed by atoms with Crippen LogP contribution in [0.15, 0.2) is 34.7 Å². The molecule has 0 radical (unpaired) electrons. The fourth-order valence-electron chi connectivity index (χ4n) is 3.21. The highest BCUT2D eigenvalue weighted by Gasteiger charge is 2.25. The lowest BCUT2D eigenvalue weighted by Gasteiger charge is -2.39. The number of piperazine rings is 1. The minimum atomic E-state index is -0.282. The van der Waals surface area contributed by atoms with Gasteiger partial charge in [0.1, 0.15) is 0 Å². The number of aromatic nitrogens is 2. The molecule has 1 aliphatic rings. The van der Waals surface area contributed by atoms with Gasteiger partial charge in [-0.05, 0) is 19.4 Å². The first kappa shape index (κ1) is 17.1. The van der Waals surface area contributed by atoms with E-state index in [2.05, 4.69) is 39.1 Å². The zero-order valence-corrected chi connectivity index (χ0v) is 14.4. The summed E-state index contributed by atoms with van der Waals surface area (Å²) in [5.74, 6) is 1.34. The van der Waals surface area contributed by atoms with Gasteiger partial charge in [-0.25, -0.2) is 0 Å². The van der Waals surface area contributed by atoms with E-state index in [9.17, 15) is 5.11 Å². The first-order chi connectivity index (χ1) is 11.6. The largest absolute Gasteiger partial charge is 0.424 e. The van der Waals surface area contributed by atoms with Crippen LogP contribution in [0, 0.1) is 0 Å². The summed E-state index contributed by atoms with van der Waals surface area (Å²) in [4.78, 5) is 4.67. The summed E-state index contributed by atoms with van der Waals surface area (Å²) in [5.41, 5.74) is 1.17. The molecule has 2 heterocycles. The molecule has 0 amide bonds. The third kappa shape index (κ3) is 4.63. The molecule has 0 aliphatic carbocycles. The molecule has 0 bridgehead atoms. The van der Waals surface area contributed by atoms with E-state index < -0.39 is 0 Å². The van der Waals surface area contributed by atoms with Gasteiger partial charge in [0.05, 0.1) is 19.1 Å². The third-order valence-corrected chi connectivity index (χ3v) is 4.41. The van der Waals surface area contributed by atoms with Crippen molar-refractivity contribution in [2.24, 2.45) is 0 Å². The van der Waals surface area contributed by atoms with Crippen LogP contribution in [-0.2, 0) is 13.0 Å². The van der Waals surface area contributed by atoms with E-state index in [-0.39, 0.29) is 6.10 Å². The molecule has 1 N–H and O–H groups in total. The highest BCUT2D eigenvalue weighted by Crippen LogP contribution is 2.14. The van der Waals surface area contributed by atoms with Gasteiger partial charge in [0, 0.05) is 32.2 Å². The SMILES string of the molecule is C[C@@H]1CN(Cc2nnc(Cc3ccccc3)o2)CCN1C[C@@H](C)O. The summed E-state index contributed by atoms with van der Waals surface area (Å²) in [7, 11) is 0. The first-order valence-electron chi connectivity index (χ1n) is 8.60. The van der Waals surface area contributed by atoms with Crippen LogP contribution in [0.5, 0.6) is 0 Å². The quantitative estimate of drug-likeness (QED) is 0.867. The second-order valence-corrected chi connectivity index (χ2v) is 6.68. The molecule has 6 nitrogen and oxygen atoms in total. The van der Waals surface area contributed by atoms with Crippen molar-refractivity contribution in [2.45, 2.75) is 39.0 Å². The Morgan fingerprint density at radius 3 is 2.67 bits per heavy atom. The molecule has 2 atom stereocenters. The Labute approximate surface area is 143 Å². The van der Waals surface area contributed by atoms with Crippen molar-refractivity contribution < 1.29 is 9.52 Å². The van der Waals surface area contributed by atoms with Crippen LogP contribution in [0.1, 0.15) is 31.2 Å². The van der Waals surface area contributed by atoms with E-state index in [1.807, 2.05) is 25.1 Å². The van der Waals surface area contributed by atoms with Gasteiger partial charge in [-0.3, -0.25) is 9.80 Å². The standard InChI is InChI=1S/C18H26N4O2/c1-14-11-21(8-9-22(14)12-15(2)23)13-18-20-19-17(24-18)10-16-6-4-3-5-7-16/h3-7,14-15,23H,8-13H2,1-2H3/t14-,15-/m1/s1. The Morgan fingerprint density at radius 2 is 1.96 bits per heavy atom.